The Kier molecular flexibility index (Phi) is 3.84. The molecule has 2 nitrogen and oxygen atoms in total. The smallest absolute Gasteiger partial charge is 0.142 e. The number of rotatable bonds is 3. The fraction of sp³-hybridized carbons (Fsp3) is 0.333. The Morgan fingerprint density at radius 3 is 2.85 bits per heavy atom. The molecular formula is C9H11BrFNO. The third kappa shape index (κ3) is 2.27. The lowest BCUT2D eigenvalue weighted by Gasteiger charge is -2.14. The van der Waals surface area contributed by atoms with Gasteiger partial charge in [-0.3, -0.25) is 0 Å². The minimum atomic E-state index is -0.350. The lowest BCUT2D eigenvalue weighted by Crippen LogP contribution is -2.21. The molecule has 0 bridgehead atoms. The molecule has 0 saturated carbocycles. The van der Waals surface area contributed by atoms with Crippen LogP contribution in [0.4, 0.5) is 4.39 Å². The number of benzene rings is 1. The van der Waals surface area contributed by atoms with Gasteiger partial charge in [0.05, 0.1) is 17.1 Å². The van der Waals surface area contributed by atoms with Gasteiger partial charge < -0.3 is 10.4 Å². The molecule has 0 radical (unpaired) electrons. The summed E-state index contributed by atoms with van der Waals surface area (Å²) in [6.07, 6.45) is 0. The highest BCUT2D eigenvalue weighted by atomic mass is 79.9. The summed E-state index contributed by atoms with van der Waals surface area (Å²) in [6, 6.07) is 4.67. The Labute approximate surface area is 84.9 Å². The van der Waals surface area contributed by atoms with Crippen LogP contribution < -0.4 is 5.32 Å². The van der Waals surface area contributed by atoms with Crippen molar-refractivity contribution in [2.24, 2.45) is 0 Å². The number of hydrogen-bond acceptors (Lipinski definition) is 2. The number of likely N-dealkylation sites (N-methyl/N-ethyl adjacent to an activating group) is 1. The first-order valence-corrected chi connectivity index (χ1v) is 4.72. The van der Waals surface area contributed by atoms with Crippen LogP contribution in [-0.4, -0.2) is 18.8 Å². The summed E-state index contributed by atoms with van der Waals surface area (Å²) in [5, 5.41) is 11.8. The quantitative estimate of drug-likeness (QED) is 0.855. The van der Waals surface area contributed by atoms with Crippen molar-refractivity contribution in [2.45, 2.75) is 6.04 Å². The van der Waals surface area contributed by atoms with E-state index < -0.39 is 0 Å². The van der Waals surface area contributed by atoms with Crippen LogP contribution in [0.1, 0.15) is 11.6 Å². The molecule has 4 heteroatoms. The van der Waals surface area contributed by atoms with Crippen LogP contribution in [0.2, 0.25) is 0 Å². The molecular weight excluding hydrogens is 237 g/mol. The average Bonchev–Trinajstić information content (AvgIpc) is 2.14. The molecule has 0 spiro atoms. The van der Waals surface area contributed by atoms with E-state index in [4.69, 9.17) is 5.11 Å². The van der Waals surface area contributed by atoms with Crippen LogP contribution in [0.5, 0.6) is 0 Å². The second-order valence-electron chi connectivity index (χ2n) is 2.67. The molecule has 0 aliphatic heterocycles. The number of hydrogen-bond donors (Lipinski definition) is 2. The molecule has 0 aromatic heterocycles. The standard InChI is InChI=1S/C9H11BrFNO/c1-12-8(5-13)6-3-2-4-7(10)9(6)11/h2-4,8,12-13H,5H2,1H3/t8-/m0/s1. The molecule has 13 heavy (non-hydrogen) atoms. The molecule has 0 fully saturated rings. The van der Waals surface area contributed by atoms with Gasteiger partial charge in [0.15, 0.2) is 0 Å². The lowest BCUT2D eigenvalue weighted by atomic mass is 10.1. The third-order valence-electron chi connectivity index (χ3n) is 1.89. The van der Waals surface area contributed by atoms with Gasteiger partial charge in [0.2, 0.25) is 0 Å². The third-order valence-corrected chi connectivity index (χ3v) is 2.50. The SMILES string of the molecule is CN[C@@H](CO)c1cccc(Br)c1F. The maximum atomic E-state index is 13.4. The van der Waals surface area contributed by atoms with Gasteiger partial charge in [-0.1, -0.05) is 12.1 Å². The van der Waals surface area contributed by atoms with Gasteiger partial charge in [-0.05, 0) is 29.0 Å². The Bertz CT molecular complexity index is 289. The topological polar surface area (TPSA) is 32.3 Å². The van der Waals surface area contributed by atoms with Crippen molar-refractivity contribution in [1.82, 2.24) is 5.32 Å². The highest BCUT2D eigenvalue weighted by Crippen LogP contribution is 2.23. The van der Waals surface area contributed by atoms with Crippen molar-refractivity contribution >= 4 is 15.9 Å². The van der Waals surface area contributed by atoms with E-state index in [1.807, 2.05) is 0 Å². The first kappa shape index (κ1) is 10.6. The van der Waals surface area contributed by atoms with E-state index >= 15 is 0 Å². The predicted octanol–water partition coefficient (Wildman–Crippen LogP) is 1.84. The van der Waals surface area contributed by atoms with Gasteiger partial charge >= 0.3 is 0 Å². The van der Waals surface area contributed by atoms with Crippen LogP contribution in [0.15, 0.2) is 22.7 Å². The van der Waals surface area contributed by atoms with Crippen molar-refractivity contribution in [3.05, 3.63) is 34.1 Å². The molecule has 2 N–H and O–H groups in total. The fourth-order valence-electron chi connectivity index (χ4n) is 1.13. The second kappa shape index (κ2) is 4.69. The number of nitrogens with one attached hydrogen (secondary N) is 1. The summed E-state index contributed by atoms with van der Waals surface area (Å²) in [5.41, 5.74) is 0.472. The van der Waals surface area contributed by atoms with Crippen molar-refractivity contribution in [3.8, 4) is 0 Å². The molecule has 0 aliphatic rings. The first-order chi connectivity index (χ1) is 6.20. The highest BCUT2D eigenvalue weighted by molar-refractivity contribution is 9.10. The second-order valence-corrected chi connectivity index (χ2v) is 3.52. The van der Waals surface area contributed by atoms with Crippen molar-refractivity contribution < 1.29 is 9.50 Å². The lowest BCUT2D eigenvalue weighted by molar-refractivity contribution is 0.248. The van der Waals surface area contributed by atoms with Crippen LogP contribution in [0, 0.1) is 5.82 Å². The van der Waals surface area contributed by atoms with E-state index in [1.54, 1.807) is 25.2 Å². The van der Waals surface area contributed by atoms with Crippen LogP contribution in [-0.2, 0) is 0 Å². The van der Waals surface area contributed by atoms with Crippen LogP contribution >= 0.6 is 15.9 Å². The van der Waals surface area contributed by atoms with Crippen LogP contribution in [0.3, 0.4) is 0 Å². The van der Waals surface area contributed by atoms with Gasteiger partial charge in [-0.2, -0.15) is 0 Å². The number of aliphatic hydroxyl groups is 1. The van der Waals surface area contributed by atoms with E-state index in [1.165, 1.54) is 0 Å². The molecule has 1 atom stereocenters. The number of aliphatic hydroxyl groups excluding tert-OH is 1. The monoisotopic (exact) mass is 247 g/mol. The Balaban J connectivity index is 3.05. The fourth-order valence-corrected chi connectivity index (χ4v) is 1.52. The molecule has 1 aromatic rings. The maximum absolute atomic E-state index is 13.4. The van der Waals surface area contributed by atoms with Crippen molar-refractivity contribution in [3.63, 3.8) is 0 Å². The zero-order valence-corrected chi connectivity index (χ0v) is 8.81. The van der Waals surface area contributed by atoms with Crippen LogP contribution in [0.25, 0.3) is 0 Å². The van der Waals surface area contributed by atoms with Gasteiger partial charge in [-0.15, -0.1) is 0 Å². The summed E-state index contributed by atoms with van der Waals surface area (Å²) >= 11 is 3.09. The molecule has 1 aromatic carbocycles. The predicted molar refractivity (Wildman–Crippen MR) is 53.0 cm³/mol. The molecule has 0 unspecified atom stereocenters. The van der Waals surface area contributed by atoms with Gasteiger partial charge in [0.25, 0.3) is 0 Å². The molecule has 72 valence electrons. The normalized spacial score (nSPS) is 12.9. The minimum Gasteiger partial charge on any atom is -0.394 e. The zero-order chi connectivity index (χ0) is 9.84. The number of halogens is 2. The largest absolute Gasteiger partial charge is 0.394 e. The van der Waals surface area contributed by atoms with E-state index in [0.29, 0.717) is 10.0 Å². The van der Waals surface area contributed by atoms with Crippen molar-refractivity contribution in [1.29, 1.82) is 0 Å². The summed E-state index contributed by atoms with van der Waals surface area (Å²) < 4.78 is 13.8. The summed E-state index contributed by atoms with van der Waals surface area (Å²) in [5.74, 6) is -0.323. The van der Waals surface area contributed by atoms with E-state index in [9.17, 15) is 4.39 Å². The Morgan fingerprint density at radius 2 is 2.31 bits per heavy atom. The first-order valence-electron chi connectivity index (χ1n) is 3.92. The Hall–Kier alpha value is -0.450. The molecule has 1 rings (SSSR count). The Morgan fingerprint density at radius 1 is 1.62 bits per heavy atom. The average molecular weight is 248 g/mol. The summed E-state index contributed by atoms with van der Waals surface area (Å²) in [4.78, 5) is 0. The van der Waals surface area contributed by atoms with Crippen molar-refractivity contribution in [2.75, 3.05) is 13.7 Å². The van der Waals surface area contributed by atoms with Gasteiger partial charge in [0.1, 0.15) is 5.82 Å². The van der Waals surface area contributed by atoms with Gasteiger partial charge in [-0.25, -0.2) is 4.39 Å². The highest BCUT2D eigenvalue weighted by Gasteiger charge is 2.14. The molecule has 0 amide bonds. The molecule has 0 heterocycles. The summed E-state index contributed by atoms with van der Waals surface area (Å²) in [7, 11) is 1.68. The summed E-state index contributed by atoms with van der Waals surface area (Å²) in [6.45, 7) is -0.121. The molecule has 0 saturated heterocycles. The van der Waals surface area contributed by atoms with E-state index in [2.05, 4.69) is 21.2 Å². The van der Waals surface area contributed by atoms with E-state index in [0.717, 1.165) is 0 Å². The zero-order valence-electron chi connectivity index (χ0n) is 7.22. The maximum Gasteiger partial charge on any atom is 0.142 e. The molecule has 0 aliphatic carbocycles. The van der Waals surface area contributed by atoms with E-state index in [-0.39, 0.29) is 18.5 Å². The van der Waals surface area contributed by atoms with Gasteiger partial charge in [0, 0.05) is 5.56 Å². The minimum absolute atomic E-state index is 0.121.